The van der Waals surface area contributed by atoms with E-state index in [-0.39, 0.29) is 0 Å². The van der Waals surface area contributed by atoms with Gasteiger partial charge in [-0.05, 0) is 0 Å². The maximum absolute atomic E-state index is 2.20. The molecule has 2 aromatic carbocycles. The minimum atomic E-state index is 0.309. The van der Waals surface area contributed by atoms with Gasteiger partial charge in [-0.1, -0.05) is 0 Å². The monoisotopic (exact) mass is 242 g/mol. The SMILES string of the molecule is b1ccccc1C(c1ccccc1)c1ccccc1. The molecular formula is C18H15B. The zero-order valence-electron chi connectivity index (χ0n) is 10.7. The Kier molecular flexibility index (Phi) is 3.55. The number of benzene rings is 2. The van der Waals surface area contributed by atoms with Gasteiger partial charge in [-0.15, -0.1) is 0 Å². The van der Waals surface area contributed by atoms with E-state index >= 15 is 0 Å². The summed E-state index contributed by atoms with van der Waals surface area (Å²) < 4.78 is 0. The van der Waals surface area contributed by atoms with E-state index in [0.29, 0.717) is 5.92 Å². The summed E-state index contributed by atoms with van der Waals surface area (Å²) in [6, 6.07) is 27.7. The molecule has 1 heteroatoms. The van der Waals surface area contributed by atoms with Gasteiger partial charge in [0.15, 0.2) is 0 Å². The van der Waals surface area contributed by atoms with E-state index in [1.54, 1.807) is 0 Å². The molecule has 0 amide bonds. The van der Waals surface area contributed by atoms with Crippen LogP contribution in [0.25, 0.3) is 0 Å². The van der Waals surface area contributed by atoms with E-state index in [2.05, 4.69) is 91.7 Å². The van der Waals surface area contributed by atoms with Gasteiger partial charge in [0.1, 0.15) is 0 Å². The van der Waals surface area contributed by atoms with Crippen LogP contribution in [-0.4, -0.2) is 6.91 Å². The van der Waals surface area contributed by atoms with E-state index in [4.69, 9.17) is 0 Å². The van der Waals surface area contributed by atoms with Gasteiger partial charge in [-0.25, -0.2) is 0 Å². The Balaban J connectivity index is 2.12. The van der Waals surface area contributed by atoms with Gasteiger partial charge in [0.25, 0.3) is 0 Å². The summed E-state index contributed by atoms with van der Waals surface area (Å²) in [5.74, 6) is 2.41. The summed E-state index contributed by atoms with van der Waals surface area (Å²) in [6.45, 7) is 2.20. The summed E-state index contributed by atoms with van der Waals surface area (Å²) in [6.07, 6.45) is 0. The van der Waals surface area contributed by atoms with E-state index in [1.807, 2.05) is 0 Å². The standard InChI is InChI=1S/C18H15B/c1-3-9-15(10-4-1)18(16-11-5-2-6-12-16)17-13-7-8-14-19-17/h1-14,18H. The molecule has 0 spiro atoms. The van der Waals surface area contributed by atoms with Crippen LogP contribution in [0.1, 0.15) is 22.5 Å². The average Bonchev–Trinajstić information content (AvgIpc) is 2.51. The Hall–Kier alpha value is -2.15. The molecule has 0 radical (unpaired) electrons. The van der Waals surface area contributed by atoms with Crippen LogP contribution in [0.5, 0.6) is 0 Å². The Morgan fingerprint density at radius 1 is 0.579 bits per heavy atom. The molecule has 3 rings (SSSR count). The normalized spacial score (nSPS) is 10.4. The molecule has 0 N–H and O–H groups in total. The molecule has 0 saturated heterocycles. The fourth-order valence-electron chi connectivity index (χ4n) is 2.51. The van der Waals surface area contributed by atoms with Crippen LogP contribution >= 0.6 is 0 Å². The first-order valence-electron chi connectivity index (χ1n) is 6.60. The van der Waals surface area contributed by atoms with Gasteiger partial charge < -0.3 is 0 Å². The molecule has 1 aromatic heterocycles. The number of hydrogen-bond acceptors (Lipinski definition) is 0. The van der Waals surface area contributed by atoms with Gasteiger partial charge >= 0.3 is 114 Å². The second-order valence-corrected chi connectivity index (χ2v) is 4.67. The number of hydrogen-bond donors (Lipinski definition) is 0. The summed E-state index contributed by atoms with van der Waals surface area (Å²) >= 11 is 0. The van der Waals surface area contributed by atoms with Crippen LogP contribution in [0.4, 0.5) is 0 Å². The van der Waals surface area contributed by atoms with Gasteiger partial charge in [0.2, 0.25) is 0 Å². The molecule has 0 fully saturated rings. The van der Waals surface area contributed by atoms with Crippen LogP contribution in [0.3, 0.4) is 0 Å². The van der Waals surface area contributed by atoms with Gasteiger partial charge in [-0.2, -0.15) is 0 Å². The van der Waals surface area contributed by atoms with Crippen molar-refractivity contribution < 1.29 is 0 Å². The quantitative estimate of drug-likeness (QED) is 0.645. The first-order valence-corrected chi connectivity index (χ1v) is 6.60. The zero-order chi connectivity index (χ0) is 12.9. The molecule has 0 unspecified atom stereocenters. The van der Waals surface area contributed by atoms with Crippen LogP contribution < -0.4 is 0 Å². The first kappa shape index (κ1) is 11.9. The molecule has 1 heterocycles. The third-order valence-corrected chi connectivity index (χ3v) is 3.40. The Labute approximate surface area is 115 Å². The third-order valence-electron chi connectivity index (χ3n) is 3.40. The van der Waals surface area contributed by atoms with Crippen molar-refractivity contribution in [2.45, 2.75) is 5.92 Å². The predicted octanol–water partition coefficient (Wildman–Crippen LogP) is 4.20. The fraction of sp³-hybridized carbons (Fsp3) is 0.0556. The van der Waals surface area contributed by atoms with Gasteiger partial charge in [-0.3, -0.25) is 0 Å². The molecule has 0 saturated carbocycles. The molecule has 19 heavy (non-hydrogen) atoms. The summed E-state index contributed by atoms with van der Waals surface area (Å²) in [5.41, 5.74) is 4.00. The van der Waals surface area contributed by atoms with Crippen molar-refractivity contribution in [1.29, 1.82) is 0 Å². The van der Waals surface area contributed by atoms with E-state index < -0.39 is 0 Å². The molecule has 0 aliphatic heterocycles. The topological polar surface area (TPSA) is 0 Å². The van der Waals surface area contributed by atoms with Crippen molar-refractivity contribution in [2.75, 3.05) is 0 Å². The molecule has 0 bridgehead atoms. The van der Waals surface area contributed by atoms with Crippen LogP contribution in [-0.2, 0) is 0 Å². The molecule has 0 atom stereocenters. The summed E-state index contributed by atoms with van der Waals surface area (Å²) in [4.78, 5) is 0. The Morgan fingerprint density at radius 3 is 1.58 bits per heavy atom. The predicted molar refractivity (Wildman–Crippen MR) is 81.6 cm³/mol. The number of rotatable bonds is 3. The third kappa shape index (κ3) is 2.66. The van der Waals surface area contributed by atoms with Crippen molar-refractivity contribution in [3.8, 4) is 0 Å². The molecule has 0 nitrogen and oxygen atoms in total. The Bertz CT molecular complexity index is 524. The molecule has 0 aliphatic rings. The van der Waals surface area contributed by atoms with Crippen molar-refractivity contribution in [3.63, 3.8) is 0 Å². The Morgan fingerprint density at radius 2 is 1.11 bits per heavy atom. The van der Waals surface area contributed by atoms with E-state index in [1.165, 1.54) is 16.6 Å². The van der Waals surface area contributed by atoms with Gasteiger partial charge in [0.05, 0.1) is 0 Å². The van der Waals surface area contributed by atoms with E-state index in [9.17, 15) is 0 Å². The van der Waals surface area contributed by atoms with Crippen LogP contribution in [0.2, 0.25) is 0 Å². The van der Waals surface area contributed by atoms with E-state index in [0.717, 1.165) is 0 Å². The molecular weight excluding hydrogens is 227 g/mol. The first-order chi connectivity index (χ1) is 9.45. The second-order valence-electron chi connectivity index (χ2n) is 4.67. The summed E-state index contributed by atoms with van der Waals surface area (Å²) in [5, 5.41) is 0. The van der Waals surface area contributed by atoms with Crippen molar-refractivity contribution in [2.24, 2.45) is 0 Å². The van der Waals surface area contributed by atoms with Gasteiger partial charge in [0, 0.05) is 0 Å². The molecule has 90 valence electrons. The summed E-state index contributed by atoms with van der Waals surface area (Å²) in [7, 11) is 0. The van der Waals surface area contributed by atoms with Crippen molar-refractivity contribution in [3.05, 3.63) is 101 Å². The minimum absolute atomic E-state index is 0.309. The average molecular weight is 242 g/mol. The maximum atomic E-state index is 2.20. The van der Waals surface area contributed by atoms with Crippen molar-refractivity contribution in [1.82, 2.24) is 0 Å². The molecule has 0 aliphatic carbocycles. The van der Waals surface area contributed by atoms with Crippen LogP contribution in [0.15, 0.2) is 84.8 Å². The fourth-order valence-corrected chi connectivity index (χ4v) is 2.51. The second kappa shape index (κ2) is 5.66. The van der Waals surface area contributed by atoms with Crippen molar-refractivity contribution >= 4 is 6.91 Å². The zero-order valence-corrected chi connectivity index (χ0v) is 10.7. The van der Waals surface area contributed by atoms with Crippen LogP contribution in [0, 0.1) is 0 Å². The molecule has 3 aromatic rings.